The average Bonchev–Trinajstić information content (AvgIpc) is 2.61. The minimum Gasteiger partial charge on any atom is -0.327 e. The molecule has 5 nitrogen and oxygen atoms in total. The van der Waals surface area contributed by atoms with Crippen LogP contribution in [0.3, 0.4) is 0 Å². The number of hydrogen-bond acceptors (Lipinski definition) is 4. The van der Waals surface area contributed by atoms with Crippen molar-refractivity contribution in [1.82, 2.24) is 9.88 Å². The van der Waals surface area contributed by atoms with E-state index in [4.69, 9.17) is 0 Å². The predicted octanol–water partition coefficient (Wildman–Crippen LogP) is 2.68. The Balaban J connectivity index is 1.82. The van der Waals surface area contributed by atoms with Crippen molar-refractivity contribution in [3.63, 3.8) is 0 Å². The number of nitrogens with zero attached hydrogens (tertiary/aromatic N) is 3. The average molecular weight is 341 g/mol. The highest BCUT2D eigenvalue weighted by Crippen LogP contribution is 2.31. The number of aromatic nitrogens is 1. The highest BCUT2D eigenvalue weighted by atomic mass is 32.2. The summed E-state index contributed by atoms with van der Waals surface area (Å²) in [4.78, 5) is 33.7. The first kappa shape index (κ1) is 16.5. The third-order valence-corrected chi connectivity index (χ3v) is 4.86. The summed E-state index contributed by atoms with van der Waals surface area (Å²) >= 11 is 1.62. The van der Waals surface area contributed by atoms with Crippen LogP contribution in [0.4, 0.5) is 5.69 Å². The Bertz CT molecular complexity index is 751. The molecule has 0 aliphatic carbocycles. The zero-order valence-electron chi connectivity index (χ0n) is 13.7. The molecule has 2 amide bonds. The van der Waals surface area contributed by atoms with Crippen LogP contribution < -0.4 is 4.90 Å². The zero-order valence-corrected chi connectivity index (χ0v) is 14.5. The highest BCUT2D eigenvalue weighted by Gasteiger charge is 2.34. The Morgan fingerprint density at radius 2 is 1.92 bits per heavy atom. The molecule has 1 saturated heterocycles. The highest BCUT2D eigenvalue weighted by molar-refractivity contribution is 7.98. The van der Waals surface area contributed by atoms with E-state index in [0.29, 0.717) is 12.1 Å². The number of anilines is 1. The van der Waals surface area contributed by atoms with E-state index < -0.39 is 0 Å². The second-order valence-corrected chi connectivity index (χ2v) is 6.55. The van der Waals surface area contributed by atoms with Gasteiger partial charge in [0.2, 0.25) is 5.91 Å². The van der Waals surface area contributed by atoms with Crippen LogP contribution in [0.5, 0.6) is 0 Å². The molecule has 0 unspecified atom stereocenters. The van der Waals surface area contributed by atoms with Crippen LogP contribution in [-0.2, 0) is 4.79 Å². The molecule has 0 radical (unpaired) electrons. The van der Waals surface area contributed by atoms with Crippen molar-refractivity contribution >= 4 is 29.3 Å². The van der Waals surface area contributed by atoms with Crippen molar-refractivity contribution in [2.24, 2.45) is 0 Å². The predicted molar refractivity (Wildman–Crippen MR) is 95.3 cm³/mol. The van der Waals surface area contributed by atoms with E-state index in [2.05, 4.69) is 4.98 Å². The lowest BCUT2D eigenvalue weighted by Crippen LogP contribution is -2.57. The van der Waals surface area contributed by atoms with Gasteiger partial charge >= 0.3 is 0 Å². The summed E-state index contributed by atoms with van der Waals surface area (Å²) in [6.45, 7) is 2.57. The van der Waals surface area contributed by atoms with Crippen LogP contribution in [0.15, 0.2) is 53.7 Å². The number of pyridine rings is 1. The molecule has 3 rings (SSSR count). The smallest absolute Gasteiger partial charge is 0.254 e. The molecule has 1 aliphatic heterocycles. The van der Waals surface area contributed by atoms with Crippen molar-refractivity contribution in [3.05, 3.63) is 54.4 Å². The summed E-state index contributed by atoms with van der Waals surface area (Å²) in [5.41, 5.74) is 1.47. The van der Waals surface area contributed by atoms with Gasteiger partial charge in [0.1, 0.15) is 6.54 Å². The number of amides is 2. The maximum atomic E-state index is 12.7. The van der Waals surface area contributed by atoms with E-state index in [0.717, 1.165) is 10.6 Å². The van der Waals surface area contributed by atoms with Gasteiger partial charge in [-0.15, -0.1) is 11.8 Å². The van der Waals surface area contributed by atoms with E-state index in [1.807, 2.05) is 42.3 Å². The van der Waals surface area contributed by atoms with E-state index in [1.165, 1.54) is 0 Å². The van der Waals surface area contributed by atoms with E-state index >= 15 is 0 Å². The molecule has 0 bridgehead atoms. The number of hydrogen-bond donors (Lipinski definition) is 0. The molecule has 6 heteroatoms. The largest absolute Gasteiger partial charge is 0.327 e. The molecule has 2 aromatic rings. The molecule has 24 heavy (non-hydrogen) atoms. The monoisotopic (exact) mass is 341 g/mol. The maximum Gasteiger partial charge on any atom is 0.254 e. The summed E-state index contributed by atoms with van der Waals surface area (Å²) in [5, 5.41) is 0. The van der Waals surface area contributed by atoms with Gasteiger partial charge in [-0.2, -0.15) is 0 Å². The molecule has 1 aromatic heterocycles. The lowest BCUT2D eigenvalue weighted by atomic mass is 10.1. The summed E-state index contributed by atoms with van der Waals surface area (Å²) < 4.78 is 0. The Labute approximate surface area is 145 Å². The normalized spacial score (nSPS) is 17.9. The van der Waals surface area contributed by atoms with Crippen molar-refractivity contribution in [2.45, 2.75) is 17.9 Å². The Kier molecular flexibility index (Phi) is 4.85. The van der Waals surface area contributed by atoms with Gasteiger partial charge in [0, 0.05) is 29.4 Å². The first-order valence-electron chi connectivity index (χ1n) is 7.76. The fourth-order valence-corrected chi connectivity index (χ4v) is 3.57. The SMILES string of the molecule is CSc1ccccc1N1C(=O)CN(C(=O)c2ccncc2)C[C@@H]1C. The number of benzene rings is 1. The fraction of sp³-hybridized carbons (Fsp3) is 0.278. The van der Waals surface area contributed by atoms with Crippen LogP contribution in [-0.4, -0.2) is 47.1 Å². The Hall–Kier alpha value is -2.34. The minimum atomic E-state index is -0.129. The molecule has 2 heterocycles. The molecule has 1 fully saturated rings. The first-order valence-corrected chi connectivity index (χ1v) is 8.98. The van der Waals surface area contributed by atoms with Gasteiger partial charge in [0.15, 0.2) is 0 Å². The molecular formula is C18H19N3O2S. The van der Waals surface area contributed by atoms with Gasteiger partial charge < -0.3 is 9.80 Å². The van der Waals surface area contributed by atoms with Crippen LogP contribution in [0, 0.1) is 0 Å². The van der Waals surface area contributed by atoms with Gasteiger partial charge in [-0.25, -0.2) is 0 Å². The van der Waals surface area contributed by atoms with Crippen molar-refractivity contribution in [1.29, 1.82) is 0 Å². The van der Waals surface area contributed by atoms with Crippen LogP contribution >= 0.6 is 11.8 Å². The number of carbonyl (C=O) groups excluding carboxylic acids is 2. The van der Waals surface area contributed by atoms with E-state index in [1.54, 1.807) is 41.2 Å². The van der Waals surface area contributed by atoms with Gasteiger partial charge in [0.05, 0.1) is 11.7 Å². The Morgan fingerprint density at radius 3 is 2.58 bits per heavy atom. The molecule has 124 valence electrons. The molecule has 0 saturated carbocycles. The number of thioether (sulfide) groups is 1. The summed E-state index contributed by atoms with van der Waals surface area (Å²) in [5.74, 6) is -0.187. The van der Waals surface area contributed by atoms with E-state index in [9.17, 15) is 9.59 Å². The lowest BCUT2D eigenvalue weighted by Gasteiger charge is -2.40. The third-order valence-electron chi connectivity index (χ3n) is 4.08. The molecule has 0 spiro atoms. The molecule has 1 atom stereocenters. The second-order valence-electron chi connectivity index (χ2n) is 5.71. The van der Waals surface area contributed by atoms with Gasteiger partial charge in [-0.05, 0) is 37.4 Å². The van der Waals surface area contributed by atoms with E-state index in [-0.39, 0.29) is 24.4 Å². The van der Waals surface area contributed by atoms with Crippen LogP contribution in [0.1, 0.15) is 17.3 Å². The molecular weight excluding hydrogens is 322 g/mol. The van der Waals surface area contributed by atoms with Crippen molar-refractivity contribution < 1.29 is 9.59 Å². The summed E-state index contributed by atoms with van der Waals surface area (Å²) in [6, 6.07) is 11.1. The molecule has 0 N–H and O–H groups in total. The maximum absolute atomic E-state index is 12.7. The fourth-order valence-electron chi connectivity index (χ4n) is 2.98. The standard InChI is InChI=1S/C18H19N3O2S/c1-13-11-20(18(23)14-7-9-19-10-8-14)12-17(22)21(13)15-5-3-4-6-16(15)24-2/h3-10,13H,11-12H2,1-2H3/t13-/m0/s1. The summed E-state index contributed by atoms with van der Waals surface area (Å²) in [6.07, 6.45) is 5.17. The quantitative estimate of drug-likeness (QED) is 0.806. The summed E-state index contributed by atoms with van der Waals surface area (Å²) in [7, 11) is 0. The lowest BCUT2D eigenvalue weighted by molar-refractivity contribution is -0.121. The topological polar surface area (TPSA) is 53.5 Å². The minimum absolute atomic E-state index is 0.0577. The molecule has 1 aromatic carbocycles. The number of piperazine rings is 1. The van der Waals surface area contributed by atoms with Gasteiger partial charge in [0.25, 0.3) is 5.91 Å². The van der Waals surface area contributed by atoms with Crippen LogP contribution in [0.2, 0.25) is 0 Å². The number of carbonyl (C=O) groups is 2. The zero-order chi connectivity index (χ0) is 17.1. The Morgan fingerprint density at radius 1 is 1.21 bits per heavy atom. The third kappa shape index (κ3) is 3.14. The second kappa shape index (κ2) is 7.05. The number of rotatable bonds is 3. The van der Waals surface area contributed by atoms with Crippen molar-refractivity contribution in [2.75, 3.05) is 24.2 Å². The number of para-hydroxylation sites is 1. The van der Waals surface area contributed by atoms with Crippen LogP contribution in [0.25, 0.3) is 0 Å². The van der Waals surface area contributed by atoms with Gasteiger partial charge in [-0.1, -0.05) is 12.1 Å². The van der Waals surface area contributed by atoms with Crippen molar-refractivity contribution in [3.8, 4) is 0 Å². The first-order chi connectivity index (χ1) is 11.6. The molecule has 1 aliphatic rings. The van der Waals surface area contributed by atoms with Gasteiger partial charge in [-0.3, -0.25) is 14.6 Å².